The second kappa shape index (κ2) is 6.53. The molecule has 1 N–H and O–H groups in total. The Labute approximate surface area is 118 Å². The lowest BCUT2D eigenvalue weighted by atomic mass is 9.83. The van der Waals surface area contributed by atoms with Crippen molar-refractivity contribution in [3.8, 4) is 0 Å². The molecule has 8 heteroatoms. The first-order valence-corrected chi connectivity index (χ1v) is 8.16. The quantitative estimate of drug-likeness (QED) is 0.686. The van der Waals surface area contributed by atoms with Gasteiger partial charge in [-0.15, -0.1) is 0 Å². The molecule has 1 unspecified atom stereocenters. The van der Waals surface area contributed by atoms with Gasteiger partial charge in [-0.05, 0) is 12.8 Å². The molecular formula is C12H21NO6S. The number of sulfonamides is 1. The summed E-state index contributed by atoms with van der Waals surface area (Å²) in [4.78, 5) is 22.4. The smallest absolute Gasteiger partial charge is 0.311 e. The Balaban J connectivity index is 2.75. The van der Waals surface area contributed by atoms with E-state index >= 15 is 0 Å². The lowest BCUT2D eigenvalue weighted by Crippen LogP contribution is -2.38. The number of nitrogens with zero attached hydrogens (tertiary/aromatic N) is 1. The molecule has 7 nitrogen and oxygen atoms in total. The molecule has 1 aliphatic rings. The van der Waals surface area contributed by atoms with Crippen LogP contribution in [0.3, 0.4) is 0 Å². The first kappa shape index (κ1) is 16.9. The van der Waals surface area contributed by atoms with E-state index in [-0.39, 0.29) is 25.3 Å². The van der Waals surface area contributed by atoms with Crippen LogP contribution in [0.1, 0.15) is 32.6 Å². The number of aliphatic carboxylic acids is 1. The van der Waals surface area contributed by atoms with E-state index in [0.717, 1.165) is 0 Å². The summed E-state index contributed by atoms with van der Waals surface area (Å²) in [6.45, 7) is 2.05. The highest BCUT2D eigenvalue weighted by molar-refractivity contribution is 7.89. The monoisotopic (exact) mass is 307 g/mol. The van der Waals surface area contributed by atoms with Gasteiger partial charge in [-0.1, -0.05) is 13.3 Å². The van der Waals surface area contributed by atoms with Crippen molar-refractivity contribution in [3.05, 3.63) is 0 Å². The Kier molecular flexibility index (Phi) is 5.52. The molecule has 1 heterocycles. The predicted octanol–water partition coefficient (Wildman–Crippen LogP) is 0.456. The molecule has 1 aliphatic heterocycles. The normalized spacial score (nSPS) is 23.7. The fourth-order valence-corrected chi connectivity index (χ4v) is 3.98. The van der Waals surface area contributed by atoms with E-state index in [1.165, 1.54) is 11.4 Å². The van der Waals surface area contributed by atoms with Gasteiger partial charge in [0.15, 0.2) is 0 Å². The molecule has 0 amide bonds. The van der Waals surface area contributed by atoms with Crippen LogP contribution in [0.4, 0.5) is 0 Å². The first-order valence-electron chi connectivity index (χ1n) is 6.55. The molecular weight excluding hydrogens is 286 g/mol. The van der Waals surface area contributed by atoms with Crippen molar-refractivity contribution in [2.45, 2.75) is 32.6 Å². The molecule has 0 aliphatic carbocycles. The van der Waals surface area contributed by atoms with Gasteiger partial charge in [-0.2, -0.15) is 0 Å². The zero-order valence-electron chi connectivity index (χ0n) is 11.8. The number of carboxylic acids is 1. The molecule has 0 aromatic heterocycles. The van der Waals surface area contributed by atoms with E-state index in [1.54, 1.807) is 0 Å². The van der Waals surface area contributed by atoms with Crippen LogP contribution >= 0.6 is 0 Å². The van der Waals surface area contributed by atoms with Gasteiger partial charge in [0.05, 0.1) is 24.7 Å². The predicted molar refractivity (Wildman–Crippen MR) is 71.6 cm³/mol. The maximum Gasteiger partial charge on any atom is 0.311 e. The molecule has 0 radical (unpaired) electrons. The van der Waals surface area contributed by atoms with Gasteiger partial charge in [0.25, 0.3) is 0 Å². The number of ether oxygens (including phenoxy) is 1. The van der Waals surface area contributed by atoms with Crippen LogP contribution in [0.25, 0.3) is 0 Å². The highest BCUT2D eigenvalue weighted by Gasteiger charge is 2.47. The van der Waals surface area contributed by atoms with Gasteiger partial charge in [-0.25, -0.2) is 12.7 Å². The number of methoxy groups -OCH3 is 1. The average molecular weight is 307 g/mol. The lowest BCUT2D eigenvalue weighted by molar-refractivity contribution is -0.148. The molecule has 0 saturated carbocycles. The van der Waals surface area contributed by atoms with Crippen molar-refractivity contribution < 1.29 is 27.9 Å². The van der Waals surface area contributed by atoms with Crippen molar-refractivity contribution in [2.24, 2.45) is 5.41 Å². The number of esters is 1. The summed E-state index contributed by atoms with van der Waals surface area (Å²) < 4.78 is 29.8. The summed E-state index contributed by atoms with van der Waals surface area (Å²) in [7, 11) is -2.42. The Morgan fingerprint density at radius 3 is 2.55 bits per heavy atom. The van der Waals surface area contributed by atoms with Crippen LogP contribution in [-0.4, -0.2) is 55.7 Å². The number of carbonyl (C=O) groups is 2. The number of rotatable bonds is 7. The van der Waals surface area contributed by atoms with Gasteiger partial charge in [0, 0.05) is 13.1 Å². The standard InChI is InChI=1S/C12H21NO6S/c1-3-5-12(11(15)16)6-7-13(9-12)20(17,18)8-4-10(14)19-2/h3-9H2,1-2H3,(H,15,16). The number of hydrogen-bond acceptors (Lipinski definition) is 5. The van der Waals surface area contributed by atoms with Crippen LogP contribution in [-0.2, 0) is 24.3 Å². The molecule has 1 atom stereocenters. The maximum absolute atomic E-state index is 12.1. The van der Waals surface area contributed by atoms with E-state index in [1.807, 2.05) is 6.92 Å². The Hall–Kier alpha value is -1.15. The van der Waals surface area contributed by atoms with E-state index < -0.39 is 27.4 Å². The zero-order chi connectivity index (χ0) is 15.4. The molecule has 0 aromatic rings. The van der Waals surface area contributed by atoms with Crippen molar-refractivity contribution in [1.82, 2.24) is 4.31 Å². The SMILES string of the molecule is CCCC1(C(=O)O)CCN(S(=O)(=O)CCC(=O)OC)C1. The van der Waals surface area contributed by atoms with Gasteiger partial charge in [-0.3, -0.25) is 9.59 Å². The first-order chi connectivity index (χ1) is 9.27. The Bertz CT molecular complexity index is 474. The third-order valence-corrected chi connectivity index (χ3v) is 5.50. The summed E-state index contributed by atoms with van der Waals surface area (Å²) in [6.07, 6.45) is 1.23. The second-order valence-electron chi connectivity index (χ2n) is 5.06. The van der Waals surface area contributed by atoms with Crippen molar-refractivity contribution in [3.63, 3.8) is 0 Å². The van der Waals surface area contributed by atoms with Crippen molar-refractivity contribution in [2.75, 3.05) is 26.0 Å². The molecule has 1 rings (SSSR count). The van der Waals surface area contributed by atoms with Crippen LogP contribution in [0.2, 0.25) is 0 Å². The fourth-order valence-electron chi connectivity index (χ4n) is 2.48. The molecule has 0 bridgehead atoms. The molecule has 20 heavy (non-hydrogen) atoms. The van der Waals surface area contributed by atoms with Gasteiger partial charge in [0.2, 0.25) is 10.0 Å². The summed E-state index contributed by atoms with van der Waals surface area (Å²) in [6, 6.07) is 0. The minimum absolute atomic E-state index is 0.0142. The van der Waals surface area contributed by atoms with Crippen molar-refractivity contribution in [1.29, 1.82) is 0 Å². The number of carboxylic acid groups (broad SMARTS) is 1. The lowest BCUT2D eigenvalue weighted by Gasteiger charge is -2.24. The molecule has 0 aromatic carbocycles. The van der Waals surface area contributed by atoms with E-state index in [9.17, 15) is 23.1 Å². The summed E-state index contributed by atoms with van der Waals surface area (Å²) in [5, 5.41) is 9.34. The largest absolute Gasteiger partial charge is 0.481 e. The maximum atomic E-state index is 12.1. The van der Waals surface area contributed by atoms with E-state index in [0.29, 0.717) is 19.3 Å². The Morgan fingerprint density at radius 2 is 2.05 bits per heavy atom. The highest BCUT2D eigenvalue weighted by atomic mass is 32.2. The van der Waals surface area contributed by atoms with E-state index in [4.69, 9.17) is 0 Å². The molecule has 116 valence electrons. The third-order valence-electron chi connectivity index (χ3n) is 3.69. The molecule has 1 saturated heterocycles. The van der Waals surface area contributed by atoms with Crippen LogP contribution in [0.5, 0.6) is 0 Å². The van der Waals surface area contributed by atoms with Gasteiger partial charge >= 0.3 is 11.9 Å². The van der Waals surface area contributed by atoms with Crippen LogP contribution in [0.15, 0.2) is 0 Å². The topological polar surface area (TPSA) is 101 Å². The number of hydrogen-bond donors (Lipinski definition) is 1. The molecule has 1 fully saturated rings. The molecule has 0 spiro atoms. The summed E-state index contributed by atoms with van der Waals surface area (Å²) in [5.74, 6) is -1.89. The van der Waals surface area contributed by atoms with Crippen LogP contribution < -0.4 is 0 Å². The average Bonchev–Trinajstić information content (AvgIpc) is 2.83. The zero-order valence-corrected chi connectivity index (χ0v) is 12.6. The van der Waals surface area contributed by atoms with Gasteiger partial charge < -0.3 is 9.84 Å². The Morgan fingerprint density at radius 1 is 1.40 bits per heavy atom. The summed E-state index contributed by atoms with van der Waals surface area (Å²) in [5.41, 5.74) is -0.993. The highest BCUT2D eigenvalue weighted by Crippen LogP contribution is 2.36. The minimum atomic E-state index is -3.62. The van der Waals surface area contributed by atoms with Crippen LogP contribution in [0, 0.1) is 5.41 Å². The minimum Gasteiger partial charge on any atom is -0.481 e. The summed E-state index contributed by atoms with van der Waals surface area (Å²) >= 11 is 0. The third kappa shape index (κ3) is 3.69. The fraction of sp³-hybridized carbons (Fsp3) is 0.833. The van der Waals surface area contributed by atoms with Crippen molar-refractivity contribution >= 4 is 22.0 Å². The second-order valence-corrected chi connectivity index (χ2v) is 7.15. The van der Waals surface area contributed by atoms with Gasteiger partial charge in [0.1, 0.15) is 0 Å². The number of carbonyl (C=O) groups excluding carboxylic acids is 1. The van der Waals surface area contributed by atoms with E-state index in [2.05, 4.69) is 4.74 Å².